The molecule has 0 atom stereocenters. The second kappa shape index (κ2) is 4.47. The van der Waals surface area contributed by atoms with Gasteiger partial charge in [0.1, 0.15) is 5.56 Å². The van der Waals surface area contributed by atoms with Crippen LogP contribution in [-0.4, -0.2) is 30.5 Å². The third-order valence-electron chi connectivity index (χ3n) is 1.98. The van der Waals surface area contributed by atoms with Gasteiger partial charge in [-0.1, -0.05) is 0 Å². The third-order valence-corrected chi connectivity index (χ3v) is 1.98. The van der Waals surface area contributed by atoms with Crippen LogP contribution in [0.1, 0.15) is 10.4 Å². The lowest BCUT2D eigenvalue weighted by atomic mass is 10.1. The zero-order chi connectivity index (χ0) is 12.3. The van der Waals surface area contributed by atoms with E-state index in [0.717, 1.165) is 6.07 Å². The van der Waals surface area contributed by atoms with Crippen molar-refractivity contribution >= 4 is 12.0 Å². The Bertz CT molecular complexity index is 442. The Kier molecular flexibility index (Phi) is 3.29. The van der Waals surface area contributed by atoms with Gasteiger partial charge in [0, 0.05) is 0 Å². The van der Waals surface area contributed by atoms with Gasteiger partial charge in [-0.05, 0) is 0 Å². The van der Waals surface area contributed by atoms with E-state index >= 15 is 0 Å². The van der Waals surface area contributed by atoms with Crippen molar-refractivity contribution in [3.63, 3.8) is 0 Å². The molecule has 0 unspecified atom stereocenters. The maximum absolute atomic E-state index is 10.7. The lowest BCUT2D eigenvalue weighted by molar-refractivity contribution is -0.385. The lowest BCUT2D eigenvalue weighted by Crippen LogP contribution is -2.00. The Morgan fingerprint density at radius 3 is 2.44 bits per heavy atom. The number of hydrogen-bond acceptors (Lipinski definition) is 6. The maximum Gasteiger partial charge on any atom is 0.287 e. The van der Waals surface area contributed by atoms with Crippen LogP contribution in [0.25, 0.3) is 0 Å². The van der Waals surface area contributed by atoms with Gasteiger partial charge in [-0.2, -0.15) is 0 Å². The Hall–Kier alpha value is -2.31. The summed E-state index contributed by atoms with van der Waals surface area (Å²) >= 11 is 0. The number of benzene rings is 1. The van der Waals surface area contributed by atoms with Crippen LogP contribution in [0.2, 0.25) is 0 Å². The Balaban J connectivity index is 3.62. The molecule has 0 aliphatic heterocycles. The van der Waals surface area contributed by atoms with Crippen molar-refractivity contribution in [1.82, 2.24) is 0 Å². The molecule has 1 aromatic carbocycles. The molecule has 16 heavy (non-hydrogen) atoms. The highest BCUT2D eigenvalue weighted by atomic mass is 16.6. The van der Waals surface area contributed by atoms with E-state index < -0.39 is 16.4 Å². The number of aromatic hydroxyl groups is 1. The average molecular weight is 227 g/mol. The molecule has 1 N–H and O–H groups in total. The zero-order valence-corrected chi connectivity index (χ0v) is 8.59. The van der Waals surface area contributed by atoms with Crippen molar-refractivity contribution in [2.75, 3.05) is 14.2 Å². The minimum absolute atomic E-state index is 0.130. The molecule has 0 aliphatic carbocycles. The molecule has 0 heterocycles. The minimum Gasteiger partial charge on any atom is -0.502 e. The van der Waals surface area contributed by atoms with Crippen molar-refractivity contribution < 1.29 is 24.3 Å². The van der Waals surface area contributed by atoms with Crippen LogP contribution in [-0.2, 0) is 0 Å². The van der Waals surface area contributed by atoms with Crippen molar-refractivity contribution in [3.8, 4) is 17.2 Å². The fourth-order valence-electron chi connectivity index (χ4n) is 1.25. The Morgan fingerprint density at radius 1 is 1.44 bits per heavy atom. The second-order valence-electron chi connectivity index (χ2n) is 2.77. The fourth-order valence-corrected chi connectivity index (χ4v) is 1.25. The first-order valence-electron chi connectivity index (χ1n) is 4.14. The summed E-state index contributed by atoms with van der Waals surface area (Å²) in [5, 5.41) is 20.3. The van der Waals surface area contributed by atoms with Crippen molar-refractivity contribution in [2.24, 2.45) is 0 Å². The van der Waals surface area contributed by atoms with Gasteiger partial charge in [0.25, 0.3) is 5.69 Å². The van der Waals surface area contributed by atoms with Crippen LogP contribution in [0.15, 0.2) is 6.07 Å². The number of rotatable bonds is 4. The van der Waals surface area contributed by atoms with Crippen molar-refractivity contribution in [1.29, 1.82) is 0 Å². The molecule has 0 saturated carbocycles. The molecule has 0 spiro atoms. The summed E-state index contributed by atoms with van der Waals surface area (Å²) in [7, 11) is 2.42. The average Bonchev–Trinajstić information content (AvgIpc) is 2.27. The number of carbonyl (C=O) groups excluding carboxylic acids is 1. The predicted octanol–water partition coefficient (Wildman–Crippen LogP) is 1.13. The summed E-state index contributed by atoms with van der Waals surface area (Å²) in [5.41, 5.74) is -0.813. The standard InChI is InChI=1S/C9H9NO6/c1-15-7-3-6(10(13)14)5(4-11)9(16-2)8(7)12/h3-4,12H,1-2H3. The van der Waals surface area contributed by atoms with E-state index in [2.05, 4.69) is 0 Å². The molecule has 7 nitrogen and oxygen atoms in total. The topological polar surface area (TPSA) is 98.9 Å². The summed E-state index contributed by atoms with van der Waals surface area (Å²) in [6.45, 7) is 0. The van der Waals surface area contributed by atoms with E-state index in [1.165, 1.54) is 14.2 Å². The number of nitrogens with zero attached hydrogens (tertiary/aromatic N) is 1. The summed E-state index contributed by atoms with van der Waals surface area (Å²) in [6.07, 6.45) is 0.246. The molecule has 0 aromatic heterocycles. The van der Waals surface area contributed by atoms with Crippen molar-refractivity contribution in [2.45, 2.75) is 0 Å². The number of nitro benzene ring substituents is 1. The van der Waals surface area contributed by atoms with E-state index in [1.807, 2.05) is 0 Å². The molecule has 1 rings (SSSR count). The Morgan fingerprint density at radius 2 is 2.06 bits per heavy atom. The molecule has 0 bridgehead atoms. The van der Waals surface area contributed by atoms with Gasteiger partial charge >= 0.3 is 0 Å². The molecule has 1 aromatic rings. The van der Waals surface area contributed by atoms with Gasteiger partial charge in [-0.3, -0.25) is 14.9 Å². The maximum atomic E-state index is 10.7. The number of ether oxygens (including phenoxy) is 2. The van der Waals surface area contributed by atoms with Crippen LogP contribution in [0.5, 0.6) is 17.2 Å². The minimum atomic E-state index is -0.756. The predicted molar refractivity (Wildman–Crippen MR) is 53.3 cm³/mol. The molecule has 0 saturated heterocycles. The molecule has 0 amide bonds. The third kappa shape index (κ3) is 1.74. The van der Waals surface area contributed by atoms with Crippen LogP contribution >= 0.6 is 0 Å². The van der Waals surface area contributed by atoms with Gasteiger partial charge in [0.15, 0.2) is 17.8 Å². The molecule has 86 valence electrons. The number of nitro groups is 1. The Labute approximate surface area is 90.4 Å². The summed E-state index contributed by atoms with van der Waals surface area (Å²) in [5.74, 6) is -0.854. The zero-order valence-electron chi connectivity index (χ0n) is 8.59. The monoisotopic (exact) mass is 227 g/mol. The molecular formula is C9H9NO6. The normalized spacial score (nSPS) is 9.62. The fraction of sp³-hybridized carbons (Fsp3) is 0.222. The van der Waals surface area contributed by atoms with Gasteiger partial charge in [-0.25, -0.2) is 0 Å². The SMILES string of the molecule is COc1cc([N+](=O)[O-])c(C=O)c(OC)c1O. The quantitative estimate of drug-likeness (QED) is 0.470. The molecule has 0 aliphatic rings. The van der Waals surface area contributed by atoms with Gasteiger partial charge in [0.05, 0.1) is 25.2 Å². The van der Waals surface area contributed by atoms with Gasteiger partial charge < -0.3 is 14.6 Å². The lowest BCUT2D eigenvalue weighted by Gasteiger charge is -2.10. The first-order chi connectivity index (χ1) is 7.56. The van der Waals surface area contributed by atoms with E-state index in [4.69, 9.17) is 9.47 Å². The number of hydrogen-bond donors (Lipinski definition) is 1. The first-order valence-corrected chi connectivity index (χ1v) is 4.14. The van der Waals surface area contributed by atoms with E-state index in [0.29, 0.717) is 0 Å². The number of phenolic OH excluding ortho intramolecular Hbond substituents is 1. The van der Waals surface area contributed by atoms with Crippen LogP contribution in [0.4, 0.5) is 5.69 Å². The summed E-state index contributed by atoms with van der Waals surface area (Å²) in [6, 6.07) is 0.960. The number of phenols is 1. The summed E-state index contributed by atoms with van der Waals surface area (Å²) < 4.78 is 9.46. The molecule has 0 radical (unpaired) electrons. The van der Waals surface area contributed by atoms with Gasteiger partial charge in [0.2, 0.25) is 5.75 Å². The molecule has 0 fully saturated rings. The van der Waals surface area contributed by atoms with Crippen molar-refractivity contribution in [3.05, 3.63) is 21.7 Å². The first kappa shape index (κ1) is 11.8. The largest absolute Gasteiger partial charge is 0.502 e. The van der Waals surface area contributed by atoms with Crippen LogP contribution in [0, 0.1) is 10.1 Å². The van der Waals surface area contributed by atoms with E-state index in [-0.39, 0.29) is 23.3 Å². The molecular weight excluding hydrogens is 218 g/mol. The molecule has 7 heteroatoms. The highest BCUT2D eigenvalue weighted by Gasteiger charge is 2.25. The number of methoxy groups -OCH3 is 2. The van der Waals surface area contributed by atoms with E-state index in [1.54, 1.807) is 0 Å². The smallest absolute Gasteiger partial charge is 0.287 e. The number of aldehydes is 1. The number of carbonyl (C=O) groups is 1. The highest BCUT2D eigenvalue weighted by Crippen LogP contribution is 2.43. The van der Waals surface area contributed by atoms with Crippen LogP contribution in [0.3, 0.4) is 0 Å². The summed E-state index contributed by atoms with van der Waals surface area (Å²) in [4.78, 5) is 20.7. The second-order valence-corrected chi connectivity index (χ2v) is 2.77. The van der Waals surface area contributed by atoms with Gasteiger partial charge in [-0.15, -0.1) is 0 Å². The van der Waals surface area contributed by atoms with E-state index in [9.17, 15) is 20.0 Å². The highest BCUT2D eigenvalue weighted by molar-refractivity contribution is 5.88. The van der Waals surface area contributed by atoms with Crippen LogP contribution < -0.4 is 9.47 Å².